The number of aromatic nitrogens is 5. The summed E-state index contributed by atoms with van der Waals surface area (Å²) in [5, 5.41) is 4.13. The molecule has 4 aromatic rings. The van der Waals surface area contributed by atoms with Crippen LogP contribution >= 0.6 is 0 Å². The van der Waals surface area contributed by atoms with Crippen molar-refractivity contribution in [1.29, 1.82) is 0 Å². The standard InChI is InChI=1S/C21H22N6O/c1-15(17-8-10-18(11-9-17)27-13-22-12-24-27)25(3)21(28)16(2)26-14-23-19-6-4-5-7-20(19)26/h4-16H,1-3H3/t15-,16-/m0/s1. The van der Waals surface area contributed by atoms with Crippen LogP contribution in [0.4, 0.5) is 0 Å². The van der Waals surface area contributed by atoms with Crippen LogP contribution in [0.5, 0.6) is 0 Å². The molecule has 2 aromatic heterocycles. The maximum absolute atomic E-state index is 13.1. The zero-order valence-electron chi connectivity index (χ0n) is 16.1. The van der Waals surface area contributed by atoms with Crippen LogP contribution in [-0.4, -0.2) is 42.2 Å². The Morgan fingerprint density at radius 2 is 1.79 bits per heavy atom. The van der Waals surface area contributed by atoms with Crippen LogP contribution in [-0.2, 0) is 4.79 Å². The quantitative estimate of drug-likeness (QED) is 0.537. The maximum Gasteiger partial charge on any atom is 0.245 e. The largest absolute Gasteiger partial charge is 0.337 e. The van der Waals surface area contributed by atoms with E-state index in [-0.39, 0.29) is 18.0 Å². The van der Waals surface area contributed by atoms with Crippen molar-refractivity contribution in [3.8, 4) is 5.69 Å². The first-order chi connectivity index (χ1) is 13.6. The Kier molecular flexibility index (Phi) is 4.65. The van der Waals surface area contributed by atoms with Crippen molar-refractivity contribution in [1.82, 2.24) is 29.2 Å². The Bertz CT molecular complexity index is 1080. The predicted molar refractivity (Wildman–Crippen MR) is 107 cm³/mol. The summed E-state index contributed by atoms with van der Waals surface area (Å²) >= 11 is 0. The molecule has 0 saturated carbocycles. The third kappa shape index (κ3) is 3.15. The molecule has 0 bridgehead atoms. The lowest BCUT2D eigenvalue weighted by Gasteiger charge is -2.28. The van der Waals surface area contributed by atoms with Crippen LogP contribution in [0.25, 0.3) is 16.7 Å². The van der Waals surface area contributed by atoms with Crippen molar-refractivity contribution in [3.63, 3.8) is 0 Å². The summed E-state index contributed by atoms with van der Waals surface area (Å²) in [6.07, 6.45) is 4.90. The van der Waals surface area contributed by atoms with E-state index in [9.17, 15) is 4.79 Å². The third-order valence-electron chi connectivity index (χ3n) is 5.24. The minimum absolute atomic E-state index is 0.0380. The average Bonchev–Trinajstić information content (AvgIpc) is 3.42. The molecule has 0 aliphatic rings. The zero-order valence-corrected chi connectivity index (χ0v) is 16.1. The molecule has 0 spiro atoms. The molecule has 0 unspecified atom stereocenters. The second-order valence-electron chi connectivity index (χ2n) is 6.87. The minimum Gasteiger partial charge on any atom is -0.337 e. The first-order valence-corrected chi connectivity index (χ1v) is 9.19. The molecular weight excluding hydrogens is 352 g/mol. The lowest BCUT2D eigenvalue weighted by molar-refractivity contribution is -0.134. The van der Waals surface area contributed by atoms with Gasteiger partial charge in [-0.1, -0.05) is 24.3 Å². The second kappa shape index (κ2) is 7.26. The van der Waals surface area contributed by atoms with Gasteiger partial charge in [0.2, 0.25) is 5.91 Å². The van der Waals surface area contributed by atoms with Gasteiger partial charge in [0.15, 0.2) is 0 Å². The molecule has 0 aliphatic heterocycles. The van der Waals surface area contributed by atoms with Crippen LogP contribution < -0.4 is 0 Å². The molecular formula is C21H22N6O. The monoisotopic (exact) mass is 374 g/mol. The molecule has 0 N–H and O–H groups in total. The number of fused-ring (bicyclic) bond motifs is 1. The van der Waals surface area contributed by atoms with Crippen molar-refractivity contribution < 1.29 is 4.79 Å². The van der Waals surface area contributed by atoms with Crippen molar-refractivity contribution in [3.05, 3.63) is 73.1 Å². The van der Waals surface area contributed by atoms with E-state index in [0.29, 0.717) is 0 Å². The summed E-state index contributed by atoms with van der Waals surface area (Å²) in [5.74, 6) is 0.0380. The van der Waals surface area contributed by atoms with E-state index < -0.39 is 0 Å². The van der Waals surface area contributed by atoms with Crippen LogP contribution in [0.1, 0.15) is 31.5 Å². The Labute approximate surface area is 163 Å². The minimum atomic E-state index is -0.339. The van der Waals surface area contributed by atoms with E-state index >= 15 is 0 Å². The maximum atomic E-state index is 13.1. The number of hydrogen-bond donors (Lipinski definition) is 0. The average molecular weight is 374 g/mol. The molecule has 0 aliphatic carbocycles. The molecule has 2 aromatic carbocycles. The van der Waals surface area contributed by atoms with Crippen molar-refractivity contribution in [2.75, 3.05) is 7.05 Å². The number of para-hydroxylation sites is 2. The molecule has 0 radical (unpaired) electrons. The van der Waals surface area contributed by atoms with E-state index in [0.717, 1.165) is 22.3 Å². The van der Waals surface area contributed by atoms with Crippen LogP contribution in [0.15, 0.2) is 67.5 Å². The topological polar surface area (TPSA) is 68.8 Å². The highest BCUT2D eigenvalue weighted by Crippen LogP contribution is 2.25. The van der Waals surface area contributed by atoms with E-state index in [1.807, 2.05) is 74.0 Å². The SMILES string of the molecule is C[C@@H](c1ccc(-n2cncn2)cc1)N(C)C(=O)[C@H](C)n1cnc2ccccc21. The summed E-state index contributed by atoms with van der Waals surface area (Å²) in [7, 11) is 1.84. The highest BCUT2D eigenvalue weighted by atomic mass is 16.2. The molecule has 142 valence electrons. The van der Waals surface area contributed by atoms with E-state index in [1.54, 1.807) is 22.2 Å². The fourth-order valence-corrected chi connectivity index (χ4v) is 3.36. The number of carbonyl (C=O) groups is 1. The van der Waals surface area contributed by atoms with Crippen LogP contribution in [0, 0.1) is 0 Å². The number of nitrogens with zero attached hydrogens (tertiary/aromatic N) is 6. The third-order valence-corrected chi connectivity index (χ3v) is 5.24. The fourth-order valence-electron chi connectivity index (χ4n) is 3.36. The van der Waals surface area contributed by atoms with Gasteiger partial charge in [-0.15, -0.1) is 0 Å². The smallest absolute Gasteiger partial charge is 0.245 e. The number of amides is 1. The fraction of sp³-hybridized carbons (Fsp3) is 0.238. The number of rotatable bonds is 5. The van der Waals surface area contributed by atoms with Gasteiger partial charge in [-0.2, -0.15) is 5.10 Å². The van der Waals surface area contributed by atoms with E-state index in [4.69, 9.17) is 0 Å². The van der Waals surface area contributed by atoms with Gasteiger partial charge in [0, 0.05) is 7.05 Å². The van der Waals surface area contributed by atoms with Crippen molar-refractivity contribution in [2.45, 2.75) is 25.9 Å². The highest BCUT2D eigenvalue weighted by molar-refractivity contribution is 5.83. The molecule has 0 saturated heterocycles. The van der Waals surface area contributed by atoms with Crippen molar-refractivity contribution >= 4 is 16.9 Å². The first kappa shape index (κ1) is 17.9. The molecule has 2 heterocycles. The number of likely N-dealkylation sites (N-methyl/N-ethyl adjacent to an activating group) is 1. The van der Waals surface area contributed by atoms with Gasteiger partial charge in [-0.25, -0.2) is 14.6 Å². The molecule has 1 amide bonds. The number of hydrogen-bond acceptors (Lipinski definition) is 4. The number of benzene rings is 2. The lowest BCUT2D eigenvalue weighted by atomic mass is 10.1. The second-order valence-corrected chi connectivity index (χ2v) is 6.87. The molecule has 7 heteroatoms. The highest BCUT2D eigenvalue weighted by Gasteiger charge is 2.24. The van der Waals surface area contributed by atoms with Gasteiger partial charge in [0.25, 0.3) is 0 Å². The summed E-state index contributed by atoms with van der Waals surface area (Å²) in [4.78, 5) is 23.3. The van der Waals surface area contributed by atoms with Crippen LogP contribution in [0.2, 0.25) is 0 Å². The summed E-state index contributed by atoms with van der Waals surface area (Å²) in [6, 6.07) is 15.4. The molecule has 28 heavy (non-hydrogen) atoms. The first-order valence-electron chi connectivity index (χ1n) is 9.19. The van der Waals surface area contributed by atoms with E-state index in [2.05, 4.69) is 15.1 Å². The van der Waals surface area contributed by atoms with Gasteiger partial charge >= 0.3 is 0 Å². The Morgan fingerprint density at radius 3 is 2.50 bits per heavy atom. The molecule has 0 fully saturated rings. The Balaban J connectivity index is 1.52. The van der Waals surface area contributed by atoms with Gasteiger partial charge in [0.1, 0.15) is 18.7 Å². The summed E-state index contributed by atoms with van der Waals surface area (Å²) in [5.41, 5.74) is 3.84. The summed E-state index contributed by atoms with van der Waals surface area (Å²) < 4.78 is 3.63. The lowest BCUT2D eigenvalue weighted by Crippen LogP contribution is -2.35. The Morgan fingerprint density at radius 1 is 1.04 bits per heavy atom. The van der Waals surface area contributed by atoms with Gasteiger partial charge in [0.05, 0.1) is 29.1 Å². The Hall–Kier alpha value is -3.48. The van der Waals surface area contributed by atoms with Gasteiger partial charge in [-0.3, -0.25) is 4.79 Å². The number of imidazole rings is 1. The van der Waals surface area contributed by atoms with E-state index in [1.165, 1.54) is 6.33 Å². The molecule has 2 atom stereocenters. The van der Waals surface area contributed by atoms with Gasteiger partial charge in [-0.05, 0) is 43.7 Å². The van der Waals surface area contributed by atoms with Crippen LogP contribution in [0.3, 0.4) is 0 Å². The zero-order chi connectivity index (χ0) is 19.7. The normalized spacial score (nSPS) is 13.4. The molecule has 7 nitrogen and oxygen atoms in total. The van der Waals surface area contributed by atoms with Crippen molar-refractivity contribution in [2.24, 2.45) is 0 Å². The molecule has 4 rings (SSSR count). The predicted octanol–water partition coefficient (Wildman–Crippen LogP) is 3.40. The number of carbonyl (C=O) groups excluding carboxylic acids is 1. The summed E-state index contributed by atoms with van der Waals surface area (Å²) in [6.45, 7) is 3.94. The van der Waals surface area contributed by atoms with Gasteiger partial charge < -0.3 is 9.47 Å².